The van der Waals surface area contributed by atoms with Gasteiger partial charge in [-0.1, -0.05) is 24.3 Å². The molecule has 1 saturated carbocycles. The number of nitrogens with zero attached hydrogens (tertiary/aromatic N) is 6. The number of morpholine rings is 1. The zero-order valence-corrected chi connectivity index (χ0v) is 26.0. The molecule has 1 N–H and O–H groups in total. The van der Waals surface area contributed by atoms with Gasteiger partial charge in [-0.15, -0.1) is 5.10 Å². The van der Waals surface area contributed by atoms with Gasteiger partial charge in [-0.05, 0) is 61.6 Å². The topological polar surface area (TPSA) is 125 Å². The molecule has 0 bridgehead atoms. The number of benzene rings is 2. The standard InChI is InChI=1S/C32H37N7O4S/c1-37(44(3,40)41)28-7-5-4-6-26(28)29-11-9-25-21-34-31(36-39(25)29)35-27-10-8-23(20-30(27)42-2)32(22-33)14-12-24(13-15-32)38-16-18-43-19-17-38/h4-11,20-21,24H,12-19H2,1-3H3,(H,35,36). The predicted octanol–water partition coefficient (Wildman–Crippen LogP) is 4.58. The van der Waals surface area contributed by atoms with Crippen LogP contribution in [0.5, 0.6) is 5.75 Å². The summed E-state index contributed by atoms with van der Waals surface area (Å²) in [5, 5.41) is 18.4. The molecule has 1 aliphatic heterocycles. The lowest BCUT2D eigenvalue weighted by atomic mass is 9.69. The maximum atomic E-state index is 12.3. The number of rotatable bonds is 8. The number of para-hydroxylation sites is 1. The van der Waals surface area contributed by atoms with Crippen LogP contribution < -0.4 is 14.4 Å². The molecule has 0 spiro atoms. The molecule has 2 fully saturated rings. The summed E-state index contributed by atoms with van der Waals surface area (Å²) in [5.41, 5.74) is 3.82. The van der Waals surface area contributed by atoms with Crippen LogP contribution in [0.1, 0.15) is 31.2 Å². The Morgan fingerprint density at radius 1 is 1.11 bits per heavy atom. The Hall–Kier alpha value is -4.18. The van der Waals surface area contributed by atoms with E-state index in [1.165, 1.54) is 17.6 Å². The SMILES string of the molecule is COc1cc(C2(C#N)CCC(N3CCOCC3)CC2)ccc1Nc1ncc2ccc(-c3ccccc3N(C)S(C)(=O)=O)n2n1. The Balaban J connectivity index is 1.26. The quantitative estimate of drug-likeness (QED) is 0.303. The van der Waals surface area contributed by atoms with E-state index in [1.54, 1.807) is 30.0 Å². The van der Waals surface area contributed by atoms with Gasteiger partial charge in [0.2, 0.25) is 16.0 Å². The van der Waals surface area contributed by atoms with Crippen molar-refractivity contribution in [3.8, 4) is 23.1 Å². The number of hydrogen-bond donors (Lipinski definition) is 1. The number of methoxy groups -OCH3 is 1. The van der Waals surface area contributed by atoms with Crippen molar-refractivity contribution in [2.45, 2.75) is 37.1 Å². The highest BCUT2D eigenvalue weighted by Gasteiger charge is 2.39. The van der Waals surface area contributed by atoms with Crippen molar-refractivity contribution in [1.82, 2.24) is 19.5 Å². The number of hydrogen-bond acceptors (Lipinski definition) is 9. The monoisotopic (exact) mass is 615 g/mol. The second-order valence-electron chi connectivity index (χ2n) is 11.5. The summed E-state index contributed by atoms with van der Waals surface area (Å²) >= 11 is 0. The minimum Gasteiger partial charge on any atom is -0.495 e. The first-order valence-corrected chi connectivity index (χ1v) is 16.6. The number of ether oxygens (including phenoxy) is 2. The Morgan fingerprint density at radius 2 is 1.86 bits per heavy atom. The average Bonchev–Trinajstić information content (AvgIpc) is 3.47. The molecule has 0 atom stereocenters. The zero-order chi connectivity index (χ0) is 30.9. The van der Waals surface area contributed by atoms with Crippen molar-refractivity contribution in [1.29, 1.82) is 5.26 Å². The third kappa shape index (κ3) is 5.70. The third-order valence-corrected chi connectivity index (χ3v) is 10.2. The highest BCUT2D eigenvalue weighted by atomic mass is 32.2. The molecule has 3 heterocycles. The summed E-state index contributed by atoms with van der Waals surface area (Å²) in [6.45, 7) is 3.48. The molecule has 2 aromatic carbocycles. The van der Waals surface area contributed by atoms with Gasteiger partial charge in [0.1, 0.15) is 5.75 Å². The smallest absolute Gasteiger partial charge is 0.245 e. The van der Waals surface area contributed by atoms with Crippen molar-refractivity contribution in [2.75, 3.05) is 56.3 Å². The van der Waals surface area contributed by atoms with E-state index in [1.807, 2.05) is 42.5 Å². The normalized spacial score (nSPS) is 21.1. The van der Waals surface area contributed by atoms with Gasteiger partial charge in [-0.25, -0.2) is 17.9 Å². The Bertz CT molecular complexity index is 1800. The third-order valence-electron chi connectivity index (χ3n) is 9.00. The van der Waals surface area contributed by atoms with E-state index in [0.29, 0.717) is 29.1 Å². The summed E-state index contributed by atoms with van der Waals surface area (Å²) in [4.78, 5) is 7.01. The fraction of sp³-hybridized carbons (Fsp3) is 0.406. The summed E-state index contributed by atoms with van der Waals surface area (Å²) in [6, 6.07) is 20.1. The van der Waals surface area contributed by atoms with Crippen LogP contribution in [0.2, 0.25) is 0 Å². The van der Waals surface area contributed by atoms with Crippen LogP contribution in [-0.4, -0.2) is 80.7 Å². The molecule has 6 rings (SSSR count). The van der Waals surface area contributed by atoms with E-state index in [0.717, 1.165) is 74.3 Å². The summed E-state index contributed by atoms with van der Waals surface area (Å²) in [7, 11) is -0.318. The van der Waals surface area contributed by atoms with Gasteiger partial charge < -0.3 is 14.8 Å². The predicted molar refractivity (Wildman–Crippen MR) is 170 cm³/mol. The van der Waals surface area contributed by atoms with E-state index in [9.17, 15) is 13.7 Å². The van der Waals surface area contributed by atoms with Crippen molar-refractivity contribution >= 4 is 32.9 Å². The molecule has 2 aliphatic rings. The van der Waals surface area contributed by atoms with Gasteiger partial charge in [0.25, 0.3) is 0 Å². The van der Waals surface area contributed by atoms with Crippen molar-refractivity contribution in [2.24, 2.45) is 0 Å². The van der Waals surface area contributed by atoms with Crippen LogP contribution in [0.3, 0.4) is 0 Å². The molecule has 1 saturated heterocycles. The maximum absolute atomic E-state index is 12.3. The van der Waals surface area contributed by atoms with Gasteiger partial charge in [0.05, 0.1) is 66.8 Å². The summed E-state index contributed by atoms with van der Waals surface area (Å²) in [5.74, 6) is 0.944. The van der Waals surface area contributed by atoms with Gasteiger partial charge in [-0.2, -0.15) is 5.26 Å². The Morgan fingerprint density at radius 3 is 2.57 bits per heavy atom. The minimum atomic E-state index is -3.47. The summed E-state index contributed by atoms with van der Waals surface area (Å²) < 4.78 is 39.0. The molecule has 230 valence electrons. The van der Waals surface area contributed by atoms with E-state index < -0.39 is 15.4 Å². The first kappa shape index (κ1) is 29.9. The highest BCUT2D eigenvalue weighted by molar-refractivity contribution is 7.92. The number of aromatic nitrogens is 3. The first-order valence-electron chi connectivity index (χ1n) is 14.8. The number of fused-ring (bicyclic) bond motifs is 1. The lowest BCUT2D eigenvalue weighted by Gasteiger charge is -2.41. The van der Waals surface area contributed by atoms with E-state index in [-0.39, 0.29) is 0 Å². The van der Waals surface area contributed by atoms with Crippen LogP contribution in [0.25, 0.3) is 16.8 Å². The van der Waals surface area contributed by atoms with Crippen LogP contribution >= 0.6 is 0 Å². The fourth-order valence-electron chi connectivity index (χ4n) is 6.39. The molecule has 2 aromatic heterocycles. The molecule has 1 aliphatic carbocycles. The molecular formula is C32H37N7O4S. The first-order chi connectivity index (χ1) is 21.2. The number of nitriles is 1. The molecule has 11 nitrogen and oxygen atoms in total. The fourth-order valence-corrected chi connectivity index (χ4v) is 6.90. The van der Waals surface area contributed by atoms with Gasteiger partial charge in [0, 0.05) is 31.7 Å². The van der Waals surface area contributed by atoms with E-state index >= 15 is 0 Å². The van der Waals surface area contributed by atoms with Crippen LogP contribution in [0.15, 0.2) is 60.8 Å². The molecule has 0 amide bonds. The molecule has 12 heteroatoms. The largest absolute Gasteiger partial charge is 0.495 e. The van der Waals surface area contributed by atoms with Crippen LogP contribution in [-0.2, 0) is 20.2 Å². The molecule has 0 radical (unpaired) electrons. The molecule has 4 aromatic rings. The minimum absolute atomic E-state index is 0.343. The molecular weight excluding hydrogens is 578 g/mol. The Kier molecular flexibility index (Phi) is 8.20. The number of nitrogens with one attached hydrogen (secondary N) is 1. The zero-order valence-electron chi connectivity index (χ0n) is 25.2. The van der Waals surface area contributed by atoms with E-state index in [2.05, 4.69) is 21.3 Å². The lowest BCUT2D eigenvalue weighted by molar-refractivity contribution is 0.00507. The van der Waals surface area contributed by atoms with Gasteiger partial charge >= 0.3 is 0 Å². The van der Waals surface area contributed by atoms with Crippen molar-refractivity contribution < 1.29 is 17.9 Å². The second kappa shape index (κ2) is 12.1. The van der Waals surface area contributed by atoms with Crippen LogP contribution in [0, 0.1) is 11.3 Å². The second-order valence-corrected chi connectivity index (χ2v) is 13.5. The number of anilines is 3. The van der Waals surface area contributed by atoms with Crippen molar-refractivity contribution in [3.05, 3.63) is 66.4 Å². The molecule has 44 heavy (non-hydrogen) atoms. The maximum Gasteiger partial charge on any atom is 0.245 e. The average molecular weight is 616 g/mol. The van der Waals surface area contributed by atoms with E-state index in [4.69, 9.17) is 14.6 Å². The van der Waals surface area contributed by atoms with Crippen molar-refractivity contribution in [3.63, 3.8) is 0 Å². The highest BCUT2D eigenvalue weighted by Crippen LogP contribution is 2.43. The van der Waals surface area contributed by atoms with Crippen LogP contribution in [0.4, 0.5) is 17.3 Å². The lowest BCUT2D eigenvalue weighted by Crippen LogP contribution is -2.47. The molecule has 0 unspecified atom stereocenters. The summed E-state index contributed by atoms with van der Waals surface area (Å²) in [6.07, 6.45) is 6.44. The number of sulfonamides is 1. The van der Waals surface area contributed by atoms with Gasteiger partial charge in [-0.3, -0.25) is 9.21 Å². The van der Waals surface area contributed by atoms with Gasteiger partial charge in [0.15, 0.2) is 0 Å². The Labute approximate surface area is 258 Å².